The standard InChI is InChI=1S/C12H15F3N2O2S/c1-20-7-9(4-5-18)17-11(19)8-2-3-10(16-6-8)12(13,14)15/h2-3,6,9,18H,4-5,7H2,1H3,(H,17,19). The van der Waals surface area contributed by atoms with Crippen molar-refractivity contribution < 1.29 is 23.1 Å². The summed E-state index contributed by atoms with van der Waals surface area (Å²) in [5, 5.41) is 11.5. The molecule has 1 rings (SSSR count). The van der Waals surface area contributed by atoms with E-state index in [9.17, 15) is 18.0 Å². The Balaban J connectivity index is 2.72. The van der Waals surface area contributed by atoms with Crippen LogP contribution in [0.5, 0.6) is 0 Å². The lowest BCUT2D eigenvalue weighted by atomic mass is 10.2. The van der Waals surface area contributed by atoms with Gasteiger partial charge in [0.25, 0.3) is 5.91 Å². The van der Waals surface area contributed by atoms with Gasteiger partial charge in [0.05, 0.1) is 5.56 Å². The van der Waals surface area contributed by atoms with Gasteiger partial charge in [0.2, 0.25) is 0 Å². The molecule has 112 valence electrons. The average Bonchev–Trinajstić information content (AvgIpc) is 2.38. The highest BCUT2D eigenvalue weighted by atomic mass is 32.2. The number of hydrogen-bond donors (Lipinski definition) is 2. The summed E-state index contributed by atoms with van der Waals surface area (Å²) in [7, 11) is 0. The number of aliphatic hydroxyl groups excluding tert-OH is 1. The predicted octanol–water partition coefficient (Wildman–Crippen LogP) is 1.94. The molecule has 1 unspecified atom stereocenters. The number of halogens is 3. The molecule has 4 nitrogen and oxygen atoms in total. The highest BCUT2D eigenvalue weighted by molar-refractivity contribution is 7.98. The maximum atomic E-state index is 12.3. The fourth-order valence-electron chi connectivity index (χ4n) is 1.52. The maximum absolute atomic E-state index is 12.3. The Morgan fingerprint density at radius 3 is 2.65 bits per heavy atom. The van der Waals surface area contributed by atoms with Crippen molar-refractivity contribution in [3.05, 3.63) is 29.6 Å². The second-order valence-electron chi connectivity index (χ2n) is 4.07. The summed E-state index contributed by atoms with van der Waals surface area (Å²) in [5.74, 6) is 0.110. The van der Waals surface area contributed by atoms with Crippen molar-refractivity contribution in [1.29, 1.82) is 0 Å². The minimum atomic E-state index is -4.52. The molecule has 0 radical (unpaired) electrons. The summed E-state index contributed by atoms with van der Waals surface area (Å²) in [6.07, 6.45) is -1.38. The Morgan fingerprint density at radius 2 is 2.20 bits per heavy atom. The summed E-state index contributed by atoms with van der Waals surface area (Å²) in [5.41, 5.74) is -0.980. The van der Waals surface area contributed by atoms with Crippen LogP contribution in [-0.2, 0) is 6.18 Å². The van der Waals surface area contributed by atoms with Crippen molar-refractivity contribution in [2.45, 2.75) is 18.6 Å². The van der Waals surface area contributed by atoms with Gasteiger partial charge >= 0.3 is 6.18 Å². The van der Waals surface area contributed by atoms with Crippen LogP contribution in [-0.4, -0.2) is 40.7 Å². The van der Waals surface area contributed by atoms with Gasteiger partial charge in [-0.3, -0.25) is 9.78 Å². The Bertz CT molecular complexity index is 431. The number of nitrogens with zero attached hydrogens (tertiary/aromatic N) is 1. The molecule has 0 aliphatic rings. The number of aromatic nitrogens is 1. The van der Waals surface area contributed by atoms with Crippen molar-refractivity contribution in [2.24, 2.45) is 0 Å². The van der Waals surface area contributed by atoms with E-state index in [1.807, 2.05) is 6.26 Å². The van der Waals surface area contributed by atoms with Crippen LogP contribution in [0.3, 0.4) is 0 Å². The molecule has 0 saturated carbocycles. The molecule has 1 aromatic rings. The molecule has 1 amide bonds. The van der Waals surface area contributed by atoms with Crippen LogP contribution >= 0.6 is 11.8 Å². The van der Waals surface area contributed by atoms with Crippen LogP contribution in [0.1, 0.15) is 22.5 Å². The molecule has 8 heteroatoms. The Morgan fingerprint density at radius 1 is 1.50 bits per heavy atom. The molecule has 1 atom stereocenters. The summed E-state index contributed by atoms with van der Waals surface area (Å²) in [4.78, 5) is 15.1. The molecule has 0 aliphatic heterocycles. The van der Waals surface area contributed by atoms with E-state index in [2.05, 4.69) is 10.3 Å². The number of carbonyl (C=O) groups is 1. The van der Waals surface area contributed by atoms with Crippen molar-refractivity contribution in [2.75, 3.05) is 18.6 Å². The average molecular weight is 308 g/mol. The van der Waals surface area contributed by atoms with E-state index in [-0.39, 0.29) is 18.2 Å². The number of nitrogens with one attached hydrogen (secondary N) is 1. The zero-order chi connectivity index (χ0) is 15.2. The largest absolute Gasteiger partial charge is 0.433 e. The van der Waals surface area contributed by atoms with Gasteiger partial charge in [0.1, 0.15) is 5.69 Å². The van der Waals surface area contributed by atoms with Gasteiger partial charge < -0.3 is 10.4 Å². The molecule has 0 bridgehead atoms. The van der Waals surface area contributed by atoms with E-state index in [4.69, 9.17) is 5.11 Å². The molecule has 20 heavy (non-hydrogen) atoms. The number of rotatable bonds is 6. The lowest BCUT2D eigenvalue weighted by Crippen LogP contribution is -2.37. The number of thioether (sulfide) groups is 1. The van der Waals surface area contributed by atoms with Crippen LogP contribution in [0.25, 0.3) is 0 Å². The first kappa shape index (κ1) is 16.8. The molecule has 2 N–H and O–H groups in total. The van der Waals surface area contributed by atoms with Crippen LogP contribution in [0.4, 0.5) is 13.2 Å². The van der Waals surface area contributed by atoms with Gasteiger partial charge in [0.15, 0.2) is 0 Å². The van der Waals surface area contributed by atoms with E-state index in [0.29, 0.717) is 12.2 Å². The van der Waals surface area contributed by atoms with Gasteiger partial charge in [-0.05, 0) is 24.8 Å². The van der Waals surface area contributed by atoms with E-state index in [1.165, 1.54) is 11.8 Å². The number of pyridine rings is 1. The zero-order valence-corrected chi connectivity index (χ0v) is 11.6. The quantitative estimate of drug-likeness (QED) is 0.843. The summed E-state index contributed by atoms with van der Waals surface area (Å²) in [6, 6.07) is 1.62. The first-order valence-electron chi connectivity index (χ1n) is 5.82. The predicted molar refractivity (Wildman–Crippen MR) is 70.6 cm³/mol. The highest BCUT2D eigenvalue weighted by Gasteiger charge is 2.32. The molecule has 1 aromatic heterocycles. The third-order valence-corrected chi connectivity index (χ3v) is 3.23. The highest BCUT2D eigenvalue weighted by Crippen LogP contribution is 2.27. The van der Waals surface area contributed by atoms with Crippen LogP contribution in [0.15, 0.2) is 18.3 Å². The minimum absolute atomic E-state index is 0.0574. The van der Waals surface area contributed by atoms with Gasteiger partial charge in [-0.15, -0.1) is 0 Å². The Labute approximate surface area is 118 Å². The van der Waals surface area contributed by atoms with Crippen molar-refractivity contribution in [3.63, 3.8) is 0 Å². The SMILES string of the molecule is CSCC(CCO)NC(=O)c1ccc(C(F)(F)F)nc1. The third kappa shape index (κ3) is 5.01. The van der Waals surface area contributed by atoms with Crippen LogP contribution < -0.4 is 5.32 Å². The van der Waals surface area contributed by atoms with Crippen LogP contribution in [0, 0.1) is 0 Å². The molecule has 1 heterocycles. The maximum Gasteiger partial charge on any atom is 0.433 e. The van der Waals surface area contributed by atoms with E-state index in [1.54, 1.807) is 0 Å². The second-order valence-corrected chi connectivity index (χ2v) is 4.98. The van der Waals surface area contributed by atoms with E-state index >= 15 is 0 Å². The van der Waals surface area contributed by atoms with Crippen molar-refractivity contribution in [3.8, 4) is 0 Å². The minimum Gasteiger partial charge on any atom is -0.396 e. The monoisotopic (exact) mass is 308 g/mol. The topological polar surface area (TPSA) is 62.2 Å². The van der Waals surface area contributed by atoms with Gasteiger partial charge in [0, 0.05) is 24.6 Å². The zero-order valence-electron chi connectivity index (χ0n) is 10.8. The third-order valence-electron chi connectivity index (χ3n) is 2.50. The van der Waals surface area contributed by atoms with Gasteiger partial charge in [-0.1, -0.05) is 0 Å². The summed E-state index contributed by atoms with van der Waals surface area (Å²) in [6.45, 7) is -0.0727. The Kier molecular flexibility index (Phi) is 6.28. The summed E-state index contributed by atoms with van der Waals surface area (Å²) >= 11 is 1.50. The van der Waals surface area contributed by atoms with Gasteiger partial charge in [-0.25, -0.2) is 0 Å². The lowest BCUT2D eigenvalue weighted by Gasteiger charge is -2.16. The van der Waals surface area contributed by atoms with Crippen molar-refractivity contribution >= 4 is 17.7 Å². The molecular formula is C12H15F3N2O2S. The number of hydrogen-bond acceptors (Lipinski definition) is 4. The lowest BCUT2D eigenvalue weighted by molar-refractivity contribution is -0.141. The number of aliphatic hydroxyl groups is 1. The fraction of sp³-hybridized carbons (Fsp3) is 0.500. The van der Waals surface area contributed by atoms with Crippen molar-refractivity contribution in [1.82, 2.24) is 10.3 Å². The normalized spacial score (nSPS) is 13.1. The number of alkyl halides is 3. The molecule has 0 spiro atoms. The fourth-order valence-corrected chi connectivity index (χ4v) is 2.17. The molecular weight excluding hydrogens is 293 g/mol. The number of carbonyl (C=O) groups excluding carboxylic acids is 1. The molecule has 0 fully saturated rings. The van der Waals surface area contributed by atoms with E-state index < -0.39 is 17.8 Å². The first-order valence-corrected chi connectivity index (χ1v) is 7.21. The molecule has 0 aromatic carbocycles. The smallest absolute Gasteiger partial charge is 0.396 e. The Hall–Kier alpha value is -1.28. The molecule has 0 saturated heterocycles. The van der Waals surface area contributed by atoms with E-state index in [0.717, 1.165) is 18.3 Å². The summed E-state index contributed by atoms with van der Waals surface area (Å²) < 4.78 is 37.0. The first-order chi connectivity index (χ1) is 9.38. The second kappa shape index (κ2) is 7.49. The van der Waals surface area contributed by atoms with Gasteiger partial charge in [-0.2, -0.15) is 24.9 Å². The number of amides is 1. The van der Waals surface area contributed by atoms with Crippen LogP contribution in [0.2, 0.25) is 0 Å². The molecule has 0 aliphatic carbocycles.